The third kappa shape index (κ3) is 3.54. The smallest absolute Gasteiger partial charge is 0.320 e. The number of benzene rings is 1. The molecule has 2 atom stereocenters. The van der Waals surface area contributed by atoms with Crippen LogP contribution in [0.4, 0.5) is 0 Å². The van der Waals surface area contributed by atoms with E-state index >= 15 is 0 Å². The highest BCUT2D eigenvalue weighted by Gasteiger charge is 2.25. The first-order valence-corrected chi connectivity index (χ1v) is 5.87. The van der Waals surface area contributed by atoms with Crippen molar-refractivity contribution < 1.29 is 14.6 Å². The topological polar surface area (TPSA) is 58.6 Å². The minimum atomic E-state index is -0.772. The predicted octanol–water partition coefficient (Wildman–Crippen LogP) is 1.41. The molecule has 2 N–H and O–H groups in total. The Labute approximate surface area is 101 Å². The van der Waals surface area contributed by atoms with Gasteiger partial charge in [-0.05, 0) is 18.4 Å². The van der Waals surface area contributed by atoms with Gasteiger partial charge in [-0.2, -0.15) is 0 Å². The molecule has 1 aliphatic heterocycles. The molecule has 0 radical (unpaired) electrons. The minimum Gasteiger partial charge on any atom is -0.480 e. The summed E-state index contributed by atoms with van der Waals surface area (Å²) in [5.74, 6) is -0.772. The van der Waals surface area contributed by atoms with Gasteiger partial charge in [-0.15, -0.1) is 0 Å². The van der Waals surface area contributed by atoms with Gasteiger partial charge in [0.2, 0.25) is 0 Å². The van der Waals surface area contributed by atoms with E-state index in [-0.39, 0.29) is 6.10 Å². The van der Waals surface area contributed by atoms with E-state index in [1.54, 1.807) is 0 Å². The number of nitrogens with one attached hydrogen (secondary N) is 1. The van der Waals surface area contributed by atoms with Crippen molar-refractivity contribution in [1.82, 2.24) is 5.32 Å². The Kier molecular flexibility index (Phi) is 4.12. The maximum absolute atomic E-state index is 10.7. The van der Waals surface area contributed by atoms with Crippen molar-refractivity contribution in [2.24, 2.45) is 0 Å². The fourth-order valence-electron chi connectivity index (χ4n) is 1.97. The molecule has 0 aromatic heterocycles. The molecule has 4 heteroatoms. The summed E-state index contributed by atoms with van der Waals surface area (Å²) in [6.45, 7) is 1.20. The zero-order valence-corrected chi connectivity index (χ0v) is 9.63. The van der Waals surface area contributed by atoms with Crippen LogP contribution >= 0.6 is 0 Å². The lowest BCUT2D eigenvalue weighted by atomic mass is 10.0. The number of piperidine rings is 1. The van der Waals surface area contributed by atoms with Crippen molar-refractivity contribution in [3.05, 3.63) is 35.9 Å². The van der Waals surface area contributed by atoms with E-state index in [2.05, 4.69) is 5.32 Å². The van der Waals surface area contributed by atoms with Gasteiger partial charge in [0.1, 0.15) is 6.04 Å². The molecule has 0 aliphatic carbocycles. The zero-order chi connectivity index (χ0) is 12.1. The van der Waals surface area contributed by atoms with Gasteiger partial charge in [0.05, 0.1) is 12.7 Å². The number of carboxylic acid groups (broad SMARTS) is 1. The molecule has 1 fully saturated rings. The first-order chi connectivity index (χ1) is 8.25. The molecule has 17 heavy (non-hydrogen) atoms. The standard InChI is InChI=1S/C13H17NO3/c15-13(16)12-7-6-11(8-14-12)17-9-10-4-2-1-3-5-10/h1-5,11-12,14H,6-9H2,(H,15,16)/t11-,12+/m1/s1. The third-order valence-electron chi connectivity index (χ3n) is 3.00. The van der Waals surface area contributed by atoms with Gasteiger partial charge in [0.15, 0.2) is 0 Å². The SMILES string of the molecule is O=C(O)[C@@H]1CC[C@@H](OCc2ccccc2)CN1. The maximum atomic E-state index is 10.7. The molecule has 0 unspecified atom stereocenters. The van der Waals surface area contributed by atoms with E-state index < -0.39 is 12.0 Å². The Bertz CT molecular complexity index is 358. The van der Waals surface area contributed by atoms with Gasteiger partial charge in [0, 0.05) is 6.54 Å². The minimum absolute atomic E-state index is 0.116. The quantitative estimate of drug-likeness (QED) is 0.828. The highest BCUT2D eigenvalue weighted by Crippen LogP contribution is 2.13. The van der Waals surface area contributed by atoms with Crippen LogP contribution in [0.5, 0.6) is 0 Å². The van der Waals surface area contributed by atoms with Gasteiger partial charge in [-0.3, -0.25) is 4.79 Å². The average molecular weight is 235 g/mol. The monoisotopic (exact) mass is 235 g/mol. The Morgan fingerprint density at radius 3 is 2.71 bits per heavy atom. The number of carbonyl (C=O) groups is 1. The molecule has 92 valence electrons. The van der Waals surface area contributed by atoms with Crippen molar-refractivity contribution in [3.8, 4) is 0 Å². The van der Waals surface area contributed by atoms with Crippen LogP contribution in [0.25, 0.3) is 0 Å². The van der Waals surface area contributed by atoms with Crippen LogP contribution in [-0.2, 0) is 16.1 Å². The molecule has 0 amide bonds. The Morgan fingerprint density at radius 1 is 1.35 bits per heavy atom. The Hall–Kier alpha value is -1.39. The van der Waals surface area contributed by atoms with Crippen molar-refractivity contribution in [3.63, 3.8) is 0 Å². The summed E-state index contributed by atoms with van der Waals surface area (Å²) in [7, 11) is 0. The lowest BCUT2D eigenvalue weighted by Crippen LogP contribution is -2.46. The fourth-order valence-corrected chi connectivity index (χ4v) is 1.97. The molecule has 4 nitrogen and oxygen atoms in total. The second-order valence-electron chi connectivity index (χ2n) is 4.30. The molecule has 0 spiro atoms. The lowest BCUT2D eigenvalue weighted by molar-refractivity contribution is -0.140. The highest BCUT2D eigenvalue weighted by atomic mass is 16.5. The van der Waals surface area contributed by atoms with E-state index in [0.717, 1.165) is 12.0 Å². The van der Waals surface area contributed by atoms with Gasteiger partial charge >= 0.3 is 5.97 Å². The maximum Gasteiger partial charge on any atom is 0.320 e. The molecule has 2 rings (SSSR count). The molecule has 1 aromatic rings. The molecule has 0 saturated carbocycles. The molecule has 1 aliphatic rings. The highest BCUT2D eigenvalue weighted by molar-refractivity contribution is 5.73. The number of hydrogen-bond acceptors (Lipinski definition) is 3. The predicted molar refractivity (Wildman–Crippen MR) is 63.7 cm³/mol. The van der Waals surface area contributed by atoms with E-state index in [4.69, 9.17) is 9.84 Å². The van der Waals surface area contributed by atoms with Gasteiger partial charge < -0.3 is 15.2 Å². The molecule has 1 heterocycles. The zero-order valence-electron chi connectivity index (χ0n) is 9.63. The van der Waals surface area contributed by atoms with E-state index in [1.807, 2.05) is 30.3 Å². The van der Waals surface area contributed by atoms with Gasteiger partial charge in [-0.1, -0.05) is 30.3 Å². The summed E-state index contributed by atoms with van der Waals surface area (Å²) in [5.41, 5.74) is 1.15. The van der Waals surface area contributed by atoms with Crippen LogP contribution in [0, 0.1) is 0 Å². The van der Waals surface area contributed by atoms with E-state index in [0.29, 0.717) is 19.6 Å². The summed E-state index contributed by atoms with van der Waals surface area (Å²) < 4.78 is 5.74. The van der Waals surface area contributed by atoms with Crippen LogP contribution in [0.3, 0.4) is 0 Å². The number of rotatable bonds is 4. The normalized spacial score (nSPS) is 24.5. The van der Waals surface area contributed by atoms with Crippen molar-refractivity contribution >= 4 is 5.97 Å². The summed E-state index contributed by atoms with van der Waals surface area (Å²) in [6, 6.07) is 9.58. The third-order valence-corrected chi connectivity index (χ3v) is 3.00. The number of aliphatic carboxylic acids is 1. The van der Waals surface area contributed by atoms with Crippen LogP contribution in [0.1, 0.15) is 18.4 Å². The van der Waals surface area contributed by atoms with Crippen molar-refractivity contribution in [2.75, 3.05) is 6.54 Å². The van der Waals surface area contributed by atoms with Gasteiger partial charge in [0.25, 0.3) is 0 Å². The van der Waals surface area contributed by atoms with Crippen LogP contribution in [0.2, 0.25) is 0 Å². The second kappa shape index (κ2) is 5.80. The van der Waals surface area contributed by atoms with Crippen molar-refractivity contribution in [2.45, 2.75) is 31.6 Å². The number of hydrogen-bond donors (Lipinski definition) is 2. The molecule has 0 bridgehead atoms. The molecular weight excluding hydrogens is 218 g/mol. The van der Waals surface area contributed by atoms with Gasteiger partial charge in [-0.25, -0.2) is 0 Å². The first-order valence-electron chi connectivity index (χ1n) is 5.87. The van der Waals surface area contributed by atoms with Crippen LogP contribution in [0.15, 0.2) is 30.3 Å². The summed E-state index contributed by atoms with van der Waals surface area (Å²) >= 11 is 0. The average Bonchev–Trinajstić information content (AvgIpc) is 2.38. The number of carboxylic acids is 1. The summed E-state index contributed by atoms with van der Waals surface area (Å²) in [5, 5.41) is 11.8. The first kappa shape index (κ1) is 12.1. The molecule has 1 saturated heterocycles. The van der Waals surface area contributed by atoms with Crippen molar-refractivity contribution in [1.29, 1.82) is 0 Å². The van der Waals surface area contributed by atoms with E-state index in [9.17, 15) is 4.79 Å². The lowest BCUT2D eigenvalue weighted by Gasteiger charge is -2.27. The van der Waals surface area contributed by atoms with Crippen LogP contribution < -0.4 is 5.32 Å². The largest absolute Gasteiger partial charge is 0.480 e. The Balaban J connectivity index is 1.74. The number of ether oxygens (including phenoxy) is 1. The Morgan fingerprint density at radius 2 is 2.12 bits per heavy atom. The molecule has 1 aromatic carbocycles. The second-order valence-corrected chi connectivity index (χ2v) is 4.30. The van der Waals surface area contributed by atoms with Crippen LogP contribution in [-0.4, -0.2) is 29.8 Å². The van der Waals surface area contributed by atoms with E-state index in [1.165, 1.54) is 0 Å². The fraction of sp³-hybridized carbons (Fsp3) is 0.462. The molecular formula is C13H17NO3. The summed E-state index contributed by atoms with van der Waals surface area (Å²) in [6.07, 6.45) is 1.55. The summed E-state index contributed by atoms with van der Waals surface area (Å²) in [4.78, 5) is 10.7.